The molecule has 0 aliphatic carbocycles. The van der Waals surface area contributed by atoms with Gasteiger partial charge in [0.1, 0.15) is 11.6 Å². The molecular formula is C22H30N4O2. The third-order valence-corrected chi connectivity index (χ3v) is 4.97. The number of hydrogen-bond donors (Lipinski definition) is 1. The first-order valence-electron chi connectivity index (χ1n) is 10.0. The number of nitrogens with zero attached hydrogens (tertiary/aromatic N) is 3. The summed E-state index contributed by atoms with van der Waals surface area (Å²) in [5.41, 5.74) is 1.62. The van der Waals surface area contributed by atoms with Crippen molar-refractivity contribution in [1.29, 1.82) is 0 Å². The predicted octanol–water partition coefficient (Wildman–Crippen LogP) is 2.94. The van der Waals surface area contributed by atoms with Gasteiger partial charge in [-0.05, 0) is 49.4 Å². The zero-order valence-electron chi connectivity index (χ0n) is 16.9. The number of hydrogen-bond acceptors (Lipinski definition) is 5. The van der Waals surface area contributed by atoms with E-state index >= 15 is 0 Å². The largest absolute Gasteiger partial charge is 0.494 e. The minimum atomic E-state index is -0.0942. The molecule has 2 heterocycles. The number of amides is 1. The van der Waals surface area contributed by atoms with Crippen LogP contribution in [0.2, 0.25) is 0 Å². The van der Waals surface area contributed by atoms with Crippen LogP contribution in [0, 0.1) is 0 Å². The highest BCUT2D eigenvalue weighted by atomic mass is 16.5. The van der Waals surface area contributed by atoms with E-state index in [0.717, 1.165) is 56.2 Å². The van der Waals surface area contributed by atoms with Crippen LogP contribution in [0.25, 0.3) is 0 Å². The summed E-state index contributed by atoms with van der Waals surface area (Å²) in [6.07, 6.45) is 3.98. The van der Waals surface area contributed by atoms with Crippen molar-refractivity contribution in [2.24, 2.45) is 0 Å². The average Bonchev–Trinajstić information content (AvgIpc) is 2.74. The standard InChI is InChI=1S/C22H30N4O2/c1-3-4-15-28-20-8-6-19(7-9-20)22(27)24-17-18-5-10-21(23-16-18)26-13-11-25(2)12-14-26/h5-10,16H,3-4,11-15,17H2,1-2H3,(H,24,27). The van der Waals surface area contributed by atoms with Gasteiger partial charge >= 0.3 is 0 Å². The lowest BCUT2D eigenvalue weighted by Crippen LogP contribution is -2.44. The zero-order chi connectivity index (χ0) is 19.8. The summed E-state index contributed by atoms with van der Waals surface area (Å²) < 4.78 is 5.63. The molecule has 0 radical (unpaired) electrons. The van der Waals surface area contributed by atoms with E-state index in [1.165, 1.54) is 0 Å². The number of carbonyl (C=O) groups is 1. The number of benzene rings is 1. The second kappa shape index (κ2) is 10.1. The van der Waals surface area contributed by atoms with E-state index in [2.05, 4.69) is 34.1 Å². The van der Waals surface area contributed by atoms with Crippen molar-refractivity contribution in [3.63, 3.8) is 0 Å². The molecule has 2 aromatic rings. The number of nitrogens with one attached hydrogen (secondary N) is 1. The van der Waals surface area contributed by atoms with Crippen LogP contribution in [0.15, 0.2) is 42.6 Å². The Hall–Kier alpha value is -2.60. The summed E-state index contributed by atoms with van der Waals surface area (Å²) in [6, 6.07) is 11.4. The van der Waals surface area contributed by atoms with Gasteiger partial charge in [0.15, 0.2) is 0 Å². The lowest BCUT2D eigenvalue weighted by molar-refractivity contribution is 0.0951. The fraction of sp³-hybridized carbons (Fsp3) is 0.455. The van der Waals surface area contributed by atoms with Crippen LogP contribution in [0.4, 0.5) is 5.82 Å². The molecule has 1 aliphatic rings. The molecule has 1 aromatic heterocycles. The number of carbonyl (C=O) groups excluding carboxylic acids is 1. The number of unbranched alkanes of at least 4 members (excludes halogenated alkanes) is 1. The van der Waals surface area contributed by atoms with Crippen molar-refractivity contribution in [2.45, 2.75) is 26.3 Å². The van der Waals surface area contributed by atoms with Gasteiger partial charge in [0, 0.05) is 44.5 Å². The minimum Gasteiger partial charge on any atom is -0.494 e. The Balaban J connectivity index is 1.47. The fourth-order valence-electron chi connectivity index (χ4n) is 3.07. The highest BCUT2D eigenvalue weighted by molar-refractivity contribution is 5.94. The predicted molar refractivity (Wildman–Crippen MR) is 112 cm³/mol. The van der Waals surface area contributed by atoms with Crippen molar-refractivity contribution in [2.75, 3.05) is 44.7 Å². The van der Waals surface area contributed by atoms with E-state index in [-0.39, 0.29) is 5.91 Å². The molecule has 1 aromatic carbocycles. The maximum absolute atomic E-state index is 12.3. The van der Waals surface area contributed by atoms with Gasteiger partial charge in [-0.15, -0.1) is 0 Å². The number of rotatable bonds is 8. The third kappa shape index (κ3) is 5.70. The van der Waals surface area contributed by atoms with Crippen LogP contribution < -0.4 is 15.0 Å². The van der Waals surface area contributed by atoms with Crippen LogP contribution in [-0.4, -0.2) is 55.6 Å². The maximum atomic E-state index is 12.3. The first-order valence-corrected chi connectivity index (χ1v) is 10.0. The Morgan fingerprint density at radius 2 is 1.86 bits per heavy atom. The number of pyridine rings is 1. The fourth-order valence-corrected chi connectivity index (χ4v) is 3.07. The summed E-state index contributed by atoms with van der Waals surface area (Å²) in [5, 5.41) is 2.95. The van der Waals surface area contributed by atoms with Crippen molar-refractivity contribution >= 4 is 11.7 Å². The molecule has 1 fully saturated rings. The second-order valence-corrected chi connectivity index (χ2v) is 7.22. The van der Waals surface area contributed by atoms with Gasteiger partial charge in [0.05, 0.1) is 6.61 Å². The van der Waals surface area contributed by atoms with Crippen molar-refractivity contribution in [3.8, 4) is 5.75 Å². The Bertz CT molecular complexity index is 738. The van der Waals surface area contributed by atoms with E-state index in [0.29, 0.717) is 18.7 Å². The van der Waals surface area contributed by atoms with Gasteiger partial charge in [-0.25, -0.2) is 4.98 Å². The highest BCUT2D eigenvalue weighted by Crippen LogP contribution is 2.15. The first kappa shape index (κ1) is 20.1. The summed E-state index contributed by atoms with van der Waals surface area (Å²) in [6.45, 7) is 7.41. The minimum absolute atomic E-state index is 0.0942. The van der Waals surface area contributed by atoms with E-state index in [1.807, 2.05) is 30.5 Å². The van der Waals surface area contributed by atoms with Crippen molar-refractivity contribution < 1.29 is 9.53 Å². The molecule has 3 rings (SSSR count). The molecule has 28 heavy (non-hydrogen) atoms. The topological polar surface area (TPSA) is 57.7 Å². The molecule has 6 heteroatoms. The van der Waals surface area contributed by atoms with Crippen molar-refractivity contribution in [3.05, 3.63) is 53.7 Å². The van der Waals surface area contributed by atoms with E-state index in [1.54, 1.807) is 12.1 Å². The third-order valence-electron chi connectivity index (χ3n) is 4.97. The monoisotopic (exact) mass is 382 g/mol. The van der Waals surface area contributed by atoms with Gasteiger partial charge in [0.25, 0.3) is 5.91 Å². The summed E-state index contributed by atoms with van der Waals surface area (Å²) >= 11 is 0. The van der Waals surface area contributed by atoms with E-state index in [9.17, 15) is 4.79 Å². The number of ether oxygens (including phenoxy) is 1. The SMILES string of the molecule is CCCCOc1ccc(C(=O)NCc2ccc(N3CCN(C)CC3)nc2)cc1. The lowest BCUT2D eigenvalue weighted by atomic mass is 10.2. The summed E-state index contributed by atoms with van der Waals surface area (Å²) in [4.78, 5) is 21.5. The molecule has 1 amide bonds. The van der Waals surface area contributed by atoms with Gasteiger partial charge in [-0.2, -0.15) is 0 Å². The van der Waals surface area contributed by atoms with Crippen LogP contribution in [0.1, 0.15) is 35.7 Å². The maximum Gasteiger partial charge on any atom is 0.251 e. The molecule has 0 atom stereocenters. The van der Waals surface area contributed by atoms with Gasteiger partial charge in [0.2, 0.25) is 0 Å². The summed E-state index contributed by atoms with van der Waals surface area (Å²) in [5.74, 6) is 1.71. The average molecular weight is 383 g/mol. The molecule has 6 nitrogen and oxygen atoms in total. The van der Waals surface area contributed by atoms with Crippen LogP contribution >= 0.6 is 0 Å². The lowest BCUT2D eigenvalue weighted by Gasteiger charge is -2.33. The number of likely N-dealkylation sites (N-methyl/N-ethyl adjacent to an activating group) is 1. The Labute approximate surface area is 167 Å². The second-order valence-electron chi connectivity index (χ2n) is 7.22. The number of aromatic nitrogens is 1. The quantitative estimate of drug-likeness (QED) is 0.712. The molecule has 1 saturated heterocycles. The Morgan fingerprint density at radius 3 is 2.50 bits per heavy atom. The van der Waals surface area contributed by atoms with E-state index < -0.39 is 0 Å². The molecule has 0 bridgehead atoms. The molecule has 0 spiro atoms. The Morgan fingerprint density at radius 1 is 1.11 bits per heavy atom. The van der Waals surface area contributed by atoms with Gasteiger partial charge in [-0.3, -0.25) is 4.79 Å². The summed E-state index contributed by atoms with van der Waals surface area (Å²) in [7, 11) is 2.14. The molecular weight excluding hydrogens is 352 g/mol. The molecule has 150 valence electrons. The molecule has 1 aliphatic heterocycles. The van der Waals surface area contributed by atoms with Gasteiger partial charge in [-0.1, -0.05) is 19.4 Å². The molecule has 0 unspecified atom stereocenters. The smallest absolute Gasteiger partial charge is 0.251 e. The van der Waals surface area contributed by atoms with Gasteiger partial charge < -0.3 is 19.9 Å². The van der Waals surface area contributed by atoms with Crippen LogP contribution in [0.5, 0.6) is 5.75 Å². The number of anilines is 1. The highest BCUT2D eigenvalue weighted by Gasteiger charge is 2.15. The first-order chi connectivity index (χ1) is 13.7. The van der Waals surface area contributed by atoms with E-state index in [4.69, 9.17) is 4.74 Å². The Kier molecular flexibility index (Phi) is 7.25. The van der Waals surface area contributed by atoms with Crippen LogP contribution in [-0.2, 0) is 6.54 Å². The normalized spacial score (nSPS) is 14.7. The van der Waals surface area contributed by atoms with Crippen LogP contribution in [0.3, 0.4) is 0 Å². The zero-order valence-corrected chi connectivity index (χ0v) is 16.9. The van der Waals surface area contributed by atoms with Crippen molar-refractivity contribution in [1.82, 2.24) is 15.2 Å². The molecule has 0 saturated carbocycles. The molecule has 1 N–H and O–H groups in total. The number of piperazine rings is 1.